The molecule has 2 fully saturated rings. The quantitative estimate of drug-likeness (QED) is 0.836. The predicted octanol–water partition coefficient (Wildman–Crippen LogP) is 2.68. The summed E-state index contributed by atoms with van der Waals surface area (Å²) in [6.07, 6.45) is 4.59. The number of thiophene rings is 1. The summed E-state index contributed by atoms with van der Waals surface area (Å²) in [6, 6.07) is 0. The third kappa shape index (κ3) is 2.01. The molecular formula is C16H20N2OS. The van der Waals surface area contributed by atoms with E-state index in [1.807, 2.05) is 6.92 Å². The highest BCUT2D eigenvalue weighted by atomic mass is 32.1. The Morgan fingerprint density at radius 1 is 1.50 bits per heavy atom. The van der Waals surface area contributed by atoms with Crippen molar-refractivity contribution in [3.05, 3.63) is 16.0 Å². The van der Waals surface area contributed by atoms with E-state index in [1.165, 1.54) is 17.7 Å². The van der Waals surface area contributed by atoms with Gasteiger partial charge in [-0.2, -0.15) is 0 Å². The molecule has 0 spiro atoms. The van der Waals surface area contributed by atoms with Crippen LogP contribution in [0.3, 0.4) is 0 Å². The van der Waals surface area contributed by atoms with E-state index in [4.69, 9.17) is 11.5 Å². The molecule has 0 aromatic carbocycles. The average molecular weight is 288 g/mol. The van der Waals surface area contributed by atoms with Gasteiger partial charge in [0.2, 0.25) is 0 Å². The van der Waals surface area contributed by atoms with E-state index in [-0.39, 0.29) is 5.41 Å². The topological polar surface area (TPSA) is 69.1 Å². The van der Waals surface area contributed by atoms with E-state index in [2.05, 4.69) is 18.8 Å². The fourth-order valence-electron chi connectivity index (χ4n) is 3.17. The molecule has 106 valence electrons. The molecule has 4 N–H and O–H groups in total. The number of primary amides is 1. The van der Waals surface area contributed by atoms with Gasteiger partial charge in [-0.25, -0.2) is 0 Å². The predicted molar refractivity (Wildman–Crippen MR) is 82.6 cm³/mol. The second kappa shape index (κ2) is 4.53. The van der Waals surface area contributed by atoms with Crippen LogP contribution >= 0.6 is 11.3 Å². The van der Waals surface area contributed by atoms with Gasteiger partial charge in [0.15, 0.2) is 0 Å². The molecule has 1 aromatic rings. The number of carbonyl (C=O) groups is 1. The summed E-state index contributed by atoms with van der Waals surface area (Å²) in [4.78, 5) is 13.1. The highest BCUT2D eigenvalue weighted by Gasteiger charge is 2.55. The van der Waals surface area contributed by atoms with Gasteiger partial charge in [0, 0.05) is 4.88 Å². The third-order valence-corrected chi connectivity index (χ3v) is 5.57. The third-order valence-electron chi connectivity index (χ3n) is 4.53. The number of nitrogen functional groups attached to an aromatic ring is 1. The van der Waals surface area contributed by atoms with Crippen LogP contribution in [0.5, 0.6) is 0 Å². The van der Waals surface area contributed by atoms with E-state index in [9.17, 15) is 4.79 Å². The number of hydrogen-bond donors (Lipinski definition) is 2. The zero-order valence-electron chi connectivity index (χ0n) is 12.0. The minimum Gasteiger partial charge on any atom is -0.390 e. The summed E-state index contributed by atoms with van der Waals surface area (Å²) in [5.41, 5.74) is 13.1. The molecule has 1 amide bonds. The molecular weight excluding hydrogens is 268 g/mol. The number of anilines is 1. The minimum atomic E-state index is -0.410. The molecule has 20 heavy (non-hydrogen) atoms. The molecule has 3 rings (SSSR count). The Hall–Kier alpha value is -1.47. The van der Waals surface area contributed by atoms with Gasteiger partial charge in [0.1, 0.15) is 0 Å². The van der Waals surface area contributed by atoms with Gasteiger partial charge in [0.05, 0.1) is 16.0 Å². The number of rotatable bonds is 4. The normalized spacial score (nSPS) is 27.8. The summed E-state index contributed by atoms with van der Waals surface area (Å²) in [5.74, 6) is 7.19. The average Bonchev–Trinajstić information content (AvgIpc) is 3.24. The summed E-state index contributed by atoms with van der Waals surface area (Å²) >= 11 is 1.54. The summed E-state index contributed by atoms with van der Waals surface area (Å²) in [7, 11) is 0. The van der Waals surface area contributed by atoms with Crippen molar-refractivity contribution in [2.45, 2.75) is 44.9 Å². The second-order valence-electron chi connectivity index (χ2n) is 6.10. The lowest BCUT2D eigenvalue weighted by atomic mass is 9.89. The van der Waals surface area contributed by atoms with Crippen molar-refractivity contribution in [1.29, 1.82) is 0 Å². The monoisotopic (exact) mass is 288 g/mol. The van der Waals surface area contributed by atoms with Crippen LogP contribution in [0.2, 0.25) is 0 Å². The highest BCUT2D eigenvalue weighted by Crippen LogP contribution is 2.58. The largest absolute Gasteiger partial charge is 0.390 e. The van der Waals surface area contributed by atoms with Gasteiger partial charge in [-0.05, 0) is 50.0 Å². The molecule has 0 bridgehead atoms. The fourth-order valence-corrected chi connectivity index (χ4v) is 4.45. The minimum absolute atomic E-state index is 0.183. The van der Waals surface area contributed by atoms with Crippen LogP contribution < -0.4 is 11.5 Å². The summed E-state index contributed by atoms with van der Waals surface area (Å²) in [6.45, 7) is 4.04. The smallest absolute Gasteiger partial charge is 0.252 e. The van der Waals surface area contributed by atoms with E-state index >= 15 is 0 Å². The maximum Gasteiger partial charge on any atom is 0.252 e. The van der Waals surface area contributed by atoms with Crippen LogP contribution in [0.4, 0.5) is 5.00 Å². The lowest BCUT2D eigenvalue weighted by Gasteiger charge is -2.13. The lowest BCUT2D eigenvalue weighted by Crippen LogP contribution is -2.19. The molecule has 2 saturated carbocycles. The Balaban J connectivity index is 2.14. The van der Waals surface area contributed by atoms with E-state index in [1.54, 1.807) is 11.3 Å². The molecule has 0 aliphatic heterocycles. The zero-order chi connectivity index (χ0) is 14.5. The highest BCUT2D eigenvalue weighted by molar-refractivity contribution is 7.16. The molecule has 1 aromatic heterocycles. The van der Waals surface area contributed by atoms with Gasteiger partial charge in [-0.1, -0.05) is 12.8 Å². The van der Waals surface area contributed by atoms with E-state index in [0.29, 0.717) is 16.5 Å². The first kappa shape index (κ1) is 13.5. The number of amides is 1. The fraction of sp³-hybridized carbons (Fsp3) is 0.562. The molecule has 0 saturated heterocycles. The maximum atomic E-state index is 11.8. The standard InChI is InChI=1S/C16H20N2OS/c1-3-6-16(8-9(16)2)13-11(7-10-4-5-10)20-15(18)12(13)14(17)19/h9-10H,4-5,7-8,18H2,1-2H3,(H2,17,19). The molecule has 0 radical (unpaired) electrons. The summed E-state index contributed by atoms with van der Waals surface area (Å²) < 4.78 is 0. The van der Waals surface area contributed by atoms with E-state index < -0.39 is 5.91 Å². The molecule has 2 atom stereocenters. The first-order valence-electron chi connectivity index (χ1n) is 7.15. The summed E-state index contributed by atoms with van der Waals surface area (Å²) in [5, 5.41) is 0.569. The SMILES string of the molecule is CC#CC1(c2c(CC3CC3)sc(N)c2C(N)=O)CC1C. The van der Waals surface area contributed by atoms with Crippen LogP contribution in [0, 0.1) is 23.7 Å². The Labute approximate surface area is 123 Å². The number of carbonyl (C=O) groups excluding carboxylic acids is 1. The molecule has 2 aliphatic rings. The van der Waals surface area contributed by atoms with Gasteiger partial charge < -0.3 is 11.5 Å². The van der Waals surface area contributed by atoms with Crippen molar-refractivity contribution >= 4 is 22.2 Å². The van der Waals surface area contributed by atoms with Crippen molar-refractivity contribution in [1.82, 2.24) is 0 Å². The maximum absolute atomic E-state index is 11.8. The molecule has 3 nitrogen and oxygen atoms in total. The van der Waals surface area contributed by atoms with Gasteiger partial charge in [-0.3, -0.25) is 4.79 Å². The van der Waals surface area contributed by atoms with Crippen molar-refractivity contribution in [3.63, 3.8) is 0 Å². The van der Waals surface area contributed by atoms with Gasteiger partial charge >= 0.3 is 0 Å². The van der Waals surface area contributed by atoms with Crippen LogP contribution in [0.25, 0.3) is 0 Å². The number of nitrogens with two attached hydrogens (primary N) is 2. The first-order valence-corrected chi connectivity index (χ1v) is 7.96. The Bertz CT molecular complexity index is 633. The Morgan fingerprint density at radius 3 is 2.60 bits per heavy atom. The van der Waals surface area contributed by atoms with Crippen LogP contribution in [0.1, 0.15) is 53.9 Å². The zero-order valence-corrected chi connectivity index (χ0v) is 12.8. The van der Waals surface area contributed by atoms with Gasteiger partial charge in [0.25, 0.3) is 5.91 Å². The van der Waals surface area contributed by atoms with E-state index in [0.717, 1.165) is 24.3 Å². The van der Waals surface area contributed by atoms with Crippen LogP contribution in [-0.2, 0) is 11.8 Å². The van der Waals surface area contributed by atoms with Crippen molar-refractivity contribution < 1.29 is 4.79 Å². The van der Waals surface area contributed by atoms with Crippen molar-refractivity contribution in [3.8, 4) is 11.8 Å². The Kier molecular flexibility index (Phi) is 3.06. The lowest BCUT2D eigenvalue weighted by molar-refractivity contribution is 0.1000. The van der Waals surface area contributed by atoms with Crippen LogP contribution in [-0.4, -0.2) is 5.91 Å². The second-order valence-corrected chi connectivity index (χ2v) is 7.24. The number of hydrogen-bond acceptors (Lipinski definition) is 3. The molecule has 4 heteroatoms. The Morgan fingerprint density at radius 2 is 2.15 bits per heavy atom. The molecule has 2 aliphatic carbocycles. The van der Waals surface area contributed by atoms with Crippen molar-refractivity contribution in [2.24, 2.45) is 17.6 Å². The molecule has 2 unspecified atom stereocenters. The van der Waals surface area contributed by atoms with Crippen molar-refractivity contribution in [2.75, 3.05) is 5.73 Å². The van der Waals surface area contributed by atoms with Gasteiger partial charge in [-0.15, -0.1) is 17.3 Å². The molecule has 1 heterocycles. The van der Waals surface area contributed by atoms with Crippen LogP contribution in [0.15, 0.2) is 0 Å². The first-order chi connectivity index (χ1) is 9.49.